The first kappa shape index (κ1) is 15.8. The molecule has 6 nitrogen and oxygen atoms in total. The van der Waals surface area contributed by atoms with Crippen molar-refractivity contribution in [2.45, 2.75) is 32.7 Å². The Morgan fingerprint density at radius 3 is 2.86 bits per heavy atom. The molecular formula is C14H20BrN5O. The molecule has 2 heterocycles. The first-order valence-electron chi connectivity index (χ1n) is 7.10. The first-order valence-corrected chi connectivity index (χ1v) is 7.89. The molecule has 2 aromatic rings. The van der Waals surface area contributed by atoms with Crippen LogP contribution in [-0.4, -0.2) is 26.1 Å². The maximum Gasteiger partial charge on any atom is 0.283 e. The predicted octanol–water partition coefficient (Wildman–Crippen LogP) is 2.19. The van der Waals surface area contributed by atoms with Crippen LogP contribution in [0.15, 0.2) is 27.7 Å². The minimum absolute atomic E-state index is 0.0889. The molecule has 0 unspecified atom stereocenters. The highest BCUT2D eigenvalue weighted by Gasteiger charge is 2.08. The number of hydrogen-bond donors (Lipinski definition) is 1. The van der Waals surface area contributed by atoms with Gasteiger partial charge in [0.2, 0.25) is 0 Å². The average Bonchev–Trinajstić information content (AvgIpc) is 2.88. The summed E-state index contributed by atoms with van der Waals surface area (Å²) >= 11 is 3.36. The largest absolute Gasteiger partial charge is 0.382 e. The number of hydrogen-bond acceptors (Lipinski definition) is 4. The predicted molar refractivity (Wildman–Crippen MR) is 86.5 cm³/mol. The Morgan fingerprint density at radius 2 is 2.19 bits per heavy atom. The third kappa shape index (κ3) is 3.93. The van der Waals surface area contributed by atoms with Gasteiger partial charge in [-0.15, -0.1) is 0 Å². The third-order valence-corrected chi connectivity index (χ3v) is 4.09. The number of nitrogens with zero attached hydrogens (tertiary/aromatic N) is 4. The summed E-state index contributed by atoms with van der Waals surface area (Å²) in [6.07, 6.45) is 6.30. The van der Waals surface area contributed by atoms with Crippen molar-refractivity contribution in [1.29, 1.82) is 0 Å². The third-order valence-electron chi connectivity index (χ3n) is 3.33. The summed E-state index contributed by atoms with van der Waals surface area (Å²) < 4.78 is 3.89. The van der Waals surface area contributed by atoms with Crippen molar-refractivity contribution in [3.63, 3.8) is 0 Å². The van der Waals surface area contributed by atoms with Crippen LogP contribution in [0.3, 0.4) is 0 Å². The van der Waals surface area contributed by atoms with Gasteiger partial charge in [-0.05, 0) is 28.4 Å². The molecule has 21 heavy (non-hydrogen) atoms. The number of nitrogens with one attached hydrogen (secondary N) is 1. The number of aryl methyl sites for hydroxylation is 2. The van der Waals surface area contributed by atoms with Crippen molar-refractivity contribution in [3.8, 4) is 0 Å². The number of halogens is 1. The van der Waals surface area contributed by atoms with Crippen molar-refractivity contribution in [2.24, 2.45) is 7.05 Å². The topological polar surface area (TPSA) is 64.7 Å². The zero-order valence-electron chi connectivity index (χ0n) is 12.3. The highest BCUT2D eigenvalue weighted by molar-refractivity contribution is 9.10. The van der Waals surface area contributed by atoms with E-state index in [0.717, 1.165) is 37.2 Å². The lowest BCUT2D eigenvalue weighted by Crippen LogP contribution is -2.25. The molecule has 0 aliphatic carbocycles. The van der Waals surface area contributed by atoms with Crippen molar-refractivity contribution in [2.75, 3.05) is 11.9 Å². The molecule has 0 fully saturated rings. The molecule has 2 aromatic heterocycles. The fraction of sp³-hybridized carbons (Fsp3) is 0.500. The maximum absolute atomic E-state index is 12.1. The van der Waals surface area contributed by atoms with E-state index >= 15 is 0 Å². The molecule has 0 saturated carbocycles. The number of aromatic nitrogens is 4. The monoisotopic (exact) mass is 353 g/mol. The second-order valence-corrected chi connectivity index (χ2v) is 5.67. The maximum atomic E-state index is 12.1. The van der Waals surface area contributed by atoms with Crippen LogP contribution >= 0.6 is 15.9 Å². The molecule has 0 atom stereocenters. The quantitative estimate of drug-likeness (QED) is 0.828. The zero-order chi connectivity index (χ0) is 15.2. The standard InChI is InChI=1S/C14H20BrN5O/c1-3-4-9-20-14(21)13(15)12(10-18-20)16-7-5-11-6-8-17-19(11)2/h6,8,10,16H,3-5,7,9H2,1-2H3. The summed E-state index contributed by atoms with van der Waals surface area (Å²) in [5.74, 6) is 0. The lowest BCUT2D eigenvalue weighted by Gasteiger charge is -2.10. The summed E-state index contributed by atoms with van der Waals surface area (Å²) in [5, 5.41) is 11.6. The lowest BCUT2D eigenvalue weighted by atomic mass is 10.3. The second-order valence-electron chi connectivity index (χ2n) is 4.88. The Morgan fingerprint density at radius 1 is 1.38 bits per heavy atom. The van der Waals surface area contributed by atoms with Gasteiger partial charge in [0.15, 0.2) is 0 Å². The Bertz CT molecular complexity index is 649. The van der Waals surface area contributed by atoms with Gasteiger partial charge in [0.1, 0.15) is 4.47 Å². The minimum atomic E-state index is -0.0889. The van der Waals surface area contributed by atoms with Gasteiger partial charge >= 0.3 is 0 Å². The normalized spacial score (nSPS) is 10.8. The smallest absolute Gasteiger partial charge is 0.283 e. The summed E-state index contributed by atoms with van der Waals surface area (Å²) in [6.45, 7) is 3.47. The van der Waals surface area contributed by atoms with E-state index in [9.17, 15) is 4.79 Å². The Kier molecular flexibility index (Phi) is 5.55. The molecule has 114 valence electrons. The van der Waals surface area contributed by atoms with Crippen LogP contribution in [0.1, 0.15) is 25.5 Å². The van der Waals surface area contributed by atoms with E-state index in [4.69, 9.17) is 0 Å². The molecule has 0 aromatic carbocycles. The van der Waals surface area contributed by atoms with E-state index in [1.807, 2.05) is 17.8 Å². The zero-order valence-corrected chi connectivity index (χ0v) is 13.9. The SMILES string of the molecule is CCCCn1ncc(NCCc2ccnn2C)c(Br)c1=O. The Labute approximate surface area is 132 Å². The highest BCUT2D eigenvalue weighted by atomic mass is 79.9. The van der Waals surface area contributed by atoms with Gasteiger partial charge in [0.25, 0.3) is 5.56 Å². The fourth-order valence-electron chi connectivity index (χ4n) is 2.03. The van der Waals surface area contributed by atoms with E-state index in [1.165, 1.54) is 4.68 Å². The molecule has 0 amide bonds. The molecule has 2 rings (SSSR count). The molecule has 0 bridgehead atoms. The number of anilines is 1. The lowest BCUT2D eigenvalue weighted by molar-refractivity contribution is 0.541. The van der Waals surface area contributed by atoms with Gasteiger partial charge in [-0.3, -0.25) is 9.48 Å². The van der Waals surface area contributed by atoms with Crippen LogP contribution in [0, 0.1) is 0 Å². The molecule has 1 N–H and O–H groups in total. The van der Waals surface area contributed by atoms with Gasteiger partial charge < -0.3 is 5.32 Å². The van der Waals surface area contributed by atoms with E-state index in [2.05, 4.69) is 38.4 Å². The number of rotatable bonds is 7. The van der Waals surface area contributed by atoms with Crippen molar-refractivity contribution >= 4 is 21.6 Å². The van der Waals surface area contributed by atoms with Gasteiger partial charge in [-0.1, -0.05) is 13.3 Å². The molecular weight excluding hydrogens is 334 g/mol. The molecule has 7 heteroatoms. The van der Waals surface area contributed by atoms with Gasteiger partial charge in [0, 0.05) is 38.4 Å². The van der Waals surface area contributed by atoms with Crippen molar-refractivity contribution < 1.29 is 0 Å². The van der Waals surface area contributed by atoms with Gasteiger partial charge in [0.05, 0.1) is 11.9 Å². The number of unbranched alkanes of at least 4 members (excludes halogenated alkanes) is 1. The van der Waals surface area contributed by atoms with Crippen LogP contribution in [0.25, 0.3) is 0 Å². The van der Waals surface area contributed by atoms with E-state index < -0.39 is 0 Å². The molecule has 0 aliphatic rings. The van der Waals surface area contributed by atoms with Crippen LogP contribution in [0.5, 0.6) is 0 Å². The van der Waals surface area contributed by atoms with Crippen LogP contribution in [-0.2, 0) is 20.0 Å². The molecule has 0 spiro atoms. The van der Waals surface area contributed by atoms with Crippen molar-refractivity contribution in [1.82, 2.24) is 19.6 Å². The summed E-state index contributed by atoms with van der Waals surface area (Å²) in [4.78, 5) is 12.1. The van der Waals surface area contributed by atoms with E-state index in [1.54, 1.807) is 12.4 Å². The van der Waals surface area contributed by atoms with Crippen LogP contribution in [0.4, 0.5) is 5.69 Å². The van der Waals surface area contributed by atoms with E-state index in [-0.39, 0.29) is 5.56 Å². The molecule has 0 aliphatic heterocycles. The molecule has 0 saturated heterocycles. The average molecular weight is 354 g/mol. The summed E-state index contributed by atoms with van der Waals surface area (Å²) in [5.41, 5.74) is 1.78. The van der Waals surface area contributed by atoms with Crippen LogP contribution < -0.4 is 10.9 Å². The Balaban J connectivity index is 1.99. The summed E-state index contributed by atoms with van der Waals surface area (Å²) in [6, 6.07) is 1.98. The first-order chi connectivity index (χ1) is 10.1. The Hall–Kier alpha value is -1.63. The van der Waals surface area contributed by atoms with Gasteiger partial charge in [-0.25, -0.2) is 4.68 Å². The van der Waals surface area contributed by atoms with Crippen LogP contribution in [0.2, 0.25) is 0 Å². The minimum Gasteiger partial charge on any atom is -0.382 e. The molecule has 0 radical (unpaired) electrons. The van der Waals surface area contributed by atoms with E-state index in [0.29, 0.717) is 11.0 Å². The highest BCUT2D eigenvalue weighted by Crippen LogP contribution is 2.16. The van der Waals surface area contributed by atoms with Gasteiger partial charge in [-0.2, -0.15) is 10.2 Å². The second kappa shape index (κ2) is 7.40. The summed E-state index contributed by atoms with van der Waals surface area (Å²) in [7, 11) is 1.92. The van der Waals surface area contributed by atoms with Crippen molar-refractivity contribution in [3.05, 3.63) is 39.0 Å². The fourth-order valence-corrected chi connectivity index (χ4v) is 2.47.